The zero-order valence-electron chi connectivity index (χ0n) is 10.3. The number of unbranched alkanes of at least 4 members (excludes halogenated alkanes) is 1. The van der Waals surface area contributed by atoms with Gasteiger partial charge >= 0.3 is 0 Å². The molecule has 1 aliphatic carbocycles. The van der Waals surface area contributed by atoms with Crippen molar-refractivity contribution in [1.29, 1.82) is 0 Å². The van der Waals surface area contributed by atoms with E-state index in [4.69, 9.17) is 5.73 Å². The van der Waals surface area contributed by atoms with Gasteiger partial charge in [-0.05, 0) is 31.6 Å². The van der Waals surface area contributed by atoms with E-state index < -0.39 is 0 Å². The van der Waals surface area contributed by atoms with Crippen LogP contribution >= 0.6 is 0 Å². The van der Waals surface area contributed by atoms with Crippen LogP contribution in [-0.2, 0) is 0 Å². The van der Waals surface area contributed by atoms with Crippen LogP contribution in [0.3, 0.4) is 0 Å². The van der Waals surface area contributed by atoms with Gasteiger partial charge in [-0.2, -0.15) is 0 Å². The van der Waals surface area contributed by atoms with Gasteiger partial charge in [0.1, 0.15) is 0 Å². The molecule has 0 aliphatic heterocycles. The lowest BCUT2D eigenvalue weighted by Gasteiger charge is -2.17. The molecule has 0 atom stereocenters. The highest BCUT2D eigenvalue weighted by Gasteiger charge is 2.44. The van der Waals surface area contributed by atoms with Crippen LogP contribution in [0.1, 0.15) is 52.9 Å². The second-order valence-electron chi connectivity index (χ2n) is 4.98. The SMILES string of the molecule is C=C(CCCC)N=C(C(C)C)C1(N)CC1. The van der Waals surface area contributed by atoms with Gasteiger partial charge < -0.3 is 5.73 Å². The first-order chi connectivity index (χ1) is 6.99. The van der Waals surface area contributed by atoms with Crippen molar-refractivity contribution < 1.29 is 0 Å². The topological polar surface area (TPSA) is 38.4 Å². The molecule has 2 nitrogen and oxygen atoms in total. The van der Waals surface area contributed by atoms with Gasteiger partial charge in [-0.3, -0.25) is 4.99 Å². The molecule has 15 heavy (non-hydrogen) atoms. The Morgan fingerprint density at radius 1 is 1.47 bits per heavy atom. The van der Waals surface area contributed by atoms with Crippen molar-refractivity contribution in [2.75, 3.05) is 0 Å². The summed E-state index contributed by atoms with van der Waals surface area (Å²) in [6, 6.07) is 0. The average Bonchev–Trinajstić information content (AvgIpc) is 2.90. The van der Waals surface area contributed by atoms with E-state index in [1.54, 1.807) is 0 Å². The fourth-order valence-corrected chi connectivity index (χ4v) is 1.81. The molecule has 0 unspecified atom stereocenters. The maximum absolute atomic E-state index is 6.20. The third-order valence-corrected chi connectivity index (χ3v) is 2.94. The summed E-state index contributed by atoms with van der Waals surface area (Å²) in [5.74, 6) is 0.441. The van der Waals surface area contributed by atoms with Crippen molar-refractivity contribution in [2.45, 2.75) is 58.4 Å². The van der Waals surface area contributed by atoms with Crippen LogP contribution in [0.15, 0.2) is 17.3 Å². The summed E-state index contributed by atoms with van der Waals surface area (Å²) in [5, 5.41) is 0. The van der Waals surface area contributed by atoms with Crippen molar-refractivity contribution in [1.82, 2.24) is 0 Å². The number of rotatable bonds is 6. The Bertz CT molecular complexity index is 260. The molecule has 2 N–H and O–H groups in total. The van der Waals surface area contributed by atoms with E-state index in [9.17, 15) is 0 Å². The molecule has 0 aromatic rings. The molecule has 0 spiro atoms. The van der Waals surface area contributed by atoms with Gasteiger partial charge in [0.15, 0.2) is 0 Å². The molecule has 0 saturated heterocycles. The van der Waals surface area contributed by atoms with Crippen molar-refractivity contribution in [2.24, 2.45) is 16.6 Å². The van der Waals surface area contributed by atoms with E-state index in [1.807, 2.05) is 0 Å². The monoisotopic (exact) mass is 208 g/mol. The smallest absolute Gasteiger partial charge is 0.0548 e. The van der Waals surface area contributed by atoms with Gasteiger partial charge in [-0.1, -0.05) is 33.8 Å². The molecule has 1 aliphatic rings. The maximum Gasteiger partial charge on any atom is 0.0548 e. The van der Waals surface area contributed by atoms with Crippen molar-refractivity contribution in [3.8, 4) is 0 Å². The van der Waals surface area contributed by atoms with E-state index >= 15 is 0 Å². The summed E-state index contributed by atoms with van der Waals surface area (Å²) in [6.45, 7) is 10.5. The average molecular weight is 208 g/mol. The third-order valence-electron chi connectivity index (χ3n) is 2.94. The Morgan fingerprint density at radius 3 is 2.47 bits per heavy atom. The van der Waals surface area contributed by atoms with Crippen LogP contribution in [0.5, 0.6) is 0 Å². The number of hydrogen-bond donors (Lipinski definition) is 1. The predicted octanol–water partition coefficient (Wildman–Crippen LogP) is 3.28. The predicted molar refractivity (Wildman–Crippen MR) is 67.1 cm³/mol. The zero-order chi connectivity index (χ0) is 11.5. The lowest BCUT2D eigenvalue weighted by atomic mass is 9.99. The van der Waals surface area contributed by atoms with Gasteiger partial charge in [0.25, 0.3) is 0 Å². The summed E-state index contributed by atoms with van der Waals surface area (Å²) in [7, 11) is 0. The van der Waals surface area contributed by atoms with Crippen molar-refractivity contribution in [3.63, 3.8) is 0 Å². The Kier molecular flexibility index (Phi) is 4.09. The molecular formula is C13H24N2. The molecule has 2 heteroatoms. The summed E-state index contributed by atoms with van der Waals surface area (Å²) in [4.78, 5) is 4.64. The summed E-state index contributed by atoms with van der Waals surface area (Å²) in [5.41, 5.74) is 8.26. The molecule has 0 heterocycles. The fraction of sp³-hybridized carbons (Fsp3) is 0.769. The minimum atomic E-state index is -0.0939. The molecular weight excluding hydrogens is 184 g/mol. The molecule has 0 amide bonds. The van der Waals surface area contributed by atoms with Crippen LogP contribution in [0.2, 0.25) is 0 Å². The lowest BCUT2D eigenvalue weighted by Crippen LogP contribution is -2.36. The van der Waals surface area contributed by atoms with Crippen molar-refractivity contribution >= 4 is 5.71 Å². The summed E-state index contributed by atoms with van der Waals surface area (Å²) in [6.07, 6.45) is 5.55. The molecule has 1 rings (SSSR count). The van der Waals surface area contributed by atoms with E-state index in [0.717, 1.165) is 30.7 Å². The van der Waals surface area contributed by atoms with Gasteiger partial charge in [0, 0.05) is 11.4 Å². The molecule has 0 bridgehead atoms. The molecule has 1 fully saturated rings. The highest BCUT2D eigenvalue weighted by atomic mass is 14.9. The van der Waals surface area contributed by atoms with E-state index in [0.29, 0.717) is 5.92 Å². The van der Waals surface area contributed by atoms with Crippen LogP contribution in [0.4, 0.5) is 0 Å². The summed E-state index contributed by atoms with van der Waals surface area (Å²) >= 11 is 0. The van der Waals surface area contributed by atoms with Gasteiger partial charge in [0.2, 0.25) is 0 Å². The minimum absolute atomic E-state index is 0.0939. The third kappa shape index (κ3) is 3.45. The Hall–Kier alpha value is -0.630. The zero-order valence-corrected chi connectivity index (χ0v) is 10.3. The van der Waals surface area contributed by atoms with Gasteiger partial charge in [-0.25, -0.2) is 0 Å². The number of nitrogens with zero attached hydrogens (tertiary/aromatic N) is 1. The Labute approximate surface area is 93.7 Å². The first-order valence-corrected chi connectivity index (χ1v) is 6.05. The van der Waals surface area contributed by atoms with E-state index in [1.165, 1.54) is 12.8 Å². The molecule has 1 saturated carbocycles. The first kappa shape index (κ1) is 12.4. The quantitative estimate of drug-likeness (QED) is 0.668. The summed E-state index contributed by atoms with van der Waals surface area (Å²) < 4.78 is 0. The van der Waals surface area contributed by atoms with Crippen LogP contribution in [0, 0.1) is 5.92 Å². The number of nitrogens with two attached hydrogens (primary N) is 1. The largest absolute Gasteiger partial charge is 0.320 e. The van der Waals surface area contributed by atoms with Gasteiger partial charge in [-0.15, -0.1) is 0 Å². The Morgan fingerprint density at radius 2 is 2.07 bits per heavy atom. The molecule has 0 aromatic carbocycles. The molecule has 0 radical (unpaired) electrons. The maximum atomic E-state index is 6.20. The highest BCUT2D eigenvalue weighted by molar-refractivity contribution is 5.98. The van der Waals surface area contributed by atoms with Crippen molar-refractivity contribution in [3.05, 3.63) is 12.3 Å². The van der Waals surface area contributed by atoms with Crippen LogP contribution in [-0.4, -0.2) is 11.3 Å². The Balaban J connectivity index is 2.63. The molecule has 0 aromatic heterocycles. The fourth-order valence-electron chi connectivity index (χ4n) is 1.81. The highest BCUT2D eigenvalue weighted by Crippen LogP contribution is 2.36. The van der Waals surface area contributed by atoms with Crippen LogP contribution in [0.25, 0.3) is 0 Å². The first-order valence-electron chi connectivity index (χ1n) is 6.05. The van der Waals surface area contributed by atoms with Gasteiger partial charge in [0.05, 0.1) is 5.54 Å². The van der Waals surface area contributed by atoms with Crippen LogP contribution < -0.4 is 5.73 Å². The second kappa shape index (κ2) is 4.93. The second-order valence-corrected chi connectivity index (χ2v) is 4.98. The molecule has 86 valence electrons. The number of hydrogen-bond acceptors (Lipinski definition) is 2. The van der Waals surface area contributed by atoms with E-state index in [-0.39, 0.29) is 5.54 Å². The number of allylic oxidation sites excluding steroid dienone is 1. The normalized spacial score (nSPS) is 19.4. The van der Waals surface area contributed by atoms with E-state index in [2.05, 4.69) is 32.3 Å². The number of aliphatic imine (C=N–C) groups is 1. The lowest BCUT2D eigenvalue weighted by molar-refractivity contribution is 0.753. The standard InChI is InChI=1S/C13H24N2/c1-5-6-7-11(4)15-12(10(2)3)13(14)8-9-13/h10H,4-9,14H2,1-3H3. The minimum Gasteiger partial charge on any atom is -0.320 e.